The second kappa shape index (κ2) is 9.68. The van der Waals surface area contributed by atoms with Crippen molar-refractivity contribution in [2.75, 3.05) is 30.4 Å². The normalized spacial score (nSPS) is 13.7. The van der Waals surface area contributed by atoms with E-state index in [0.717, 1.165) is 29.9 Å². The van der Waals surface area contributed by atoms with Gasteiger partial charge in [-0.05, 0) is 60.5 Å². The second-order valence-electron chi connectivity index (χ2n) is 7.66. The molecular formula is C25H23F2N3O3. The van der Waals surface area contributed by atoms with Crippen LogP contribution in [0.1, 0.15) is 22.3 Å². The highest BCUT2D eigenvalue weighted by molar-refractivity contribution is 6.04. The summed E-state index contributed by atoms with van der Waals surface area (Å²) in [5.41, 5.74) is 1.37. The largest absolute Gasteiger partial charge is 0.497 e. The molecule has 6 nitrogen and oxygen atoms in total. The number of urea groups is 1. The molecule has 0 radical (unpaired) electrons. The fourth-order valence-electron chi connectivity index (χ4n) is 3.79. The fourth-order valence-corrected chi connectivity index (χ4v) is 3.79. The molecule has 3 aromatic rings. The summed E-state index contributed by atoms with van der Waals surface area (Å²) in [6.45, 7) is 1.68. The maximum absolute atomic E-state index is 13.8. The number of carbonyl (C=O) groups excluding carboxylic acids is 2. The first kappa shape index (κ1) is 22.3. The van der Waals surface area contributed by atoms with Gasteiger partial charge in [0.1, 0.15) is 22.9 Å². The molecule has 1 aliphatic heterocycles. The summed E-state index contributed by atoms with van der Waals surface area (Å²) in [4.78, 5) is 28.8. The van der Waals surface area contributed by atoms with Crippen molar-refractivity contribution in [1.29, 1.82) is 0 Å². The predicted octanol–water partition coefficient (Wildman–Crippen LogP) is 5.06. The van der Waals surface area contributed by atoms with E-state index in [9.17, 15) is 18.4 Å². The van der Waals surface area contributed by atoms with E-state index in [0.29, 0.717) is 31.0 Å². The average Bonchev–Trinajstić information content (AvgIpc) is 2.81. The summed E-state index contributed by atoms with van der Waals surface area (Å²) < 4.78 is 32.9. The summed E-state index contributed by atoms with van der Waals surface area (Å²) in [7, 11) is 1.60. The van der Waals surface area contributed by atoms with Crippen LogP contribution in [0.5, 0.6) is 5.75 Å². The molecule has 0 unspecified atom stereocenters. The SMILES string of the molecule is COc1cccc(CN2CCCN(c3ccc(NC(=O)c4c(F)cccc4F)cc3)C2=O)c1. The summed E-state index contributed by atoms with van der Waals surface area (Å²) in [6, 6.07) is 17.3. The van der Waals surface area contributed by atoms with Gasteiger partial charge in [0.15, 0.2) is 0 Å². The van der Waals surface area contributed by atoms with E-state index >= 15 is 0 Å². The minimum absolute atomic E-state index is 0.116. The molecule has 0 bridgehead atoms. The number of hydrogen-bond donors (Lipinski definition) is 1. The van der Waals surface area contributed by atoms with Crippen molar-refractivity contribution in [2.24, 2.45) is 0 Å². The highest BCUT2D eigenvalue weighted by Gasteiger charge is 2.27. The number of anilines is 2. The molecule has 0 atom stereocenters. The lowest BCUT2D eigenvalue weighted by molar-refractivity contribution is 0.101. The number of nitrogens with zero attached hydrogens (tertiary/aromatic N) is 2. The van der Waals surface area contributed by atoms with Gasteiger partial charge in [0.25, 0.3) is 5.91 Å². The molecule has 170 valence electrons. The number of ether oxygens (including phenoxy) is 1. The Kier molecular flexibility index (Phi) is 6.53. The van der Waals surface area contributed by atoms with Crippen LogP contribution in [-0.4, -0.2) is 37.0 Å². The molecule has 1 fully saturated rings. The lowest BCUT2D eigenvalue weighted by Crippen LogP contribution is -2.49. The Bertz CT molecular complexity index is 1150. The van der Waals surface area contributed by atoms with Crippen LogP contribution in [0.25, 0.3) is 0 Å². The number of hydrogen-bond acceptors (Lipinski definition) is 3. The third-order valence-corrected chi connectivity index (χ3v) is 5.45. The molecular weight excluding hydrogens is 428 g/mol. The van der Waals surface area contributed by atoms with Crippen LogP contribution in [0.3, 0.4) is 0 Å². The van der Waals surface area contributed by atoms with Gasteiger partial charge < -0.3 is 15.0 Å². The summed E-state index contributed by atoms with van der Waals surface area (Å²) in [6.07, 6.45) is 0.806. The second-order valence-corrected chi connectivity index (χ2v) is 7.66. The summed E-state index contributed by atoms with van der Waals surface area (Å²) in [5.74, 6) is -2.00. The van der Waals surface area contributed by atoms with E-state index in [1.54, 1.807) is 41.2 Å². The minimum atomic E-state index is -0.931. The molecule has 1 N–H and O–H groups in total. The van der Waals surface area contributed by atoms with Gasteiger partial charge in [-0.25, -0.2) is 13.6 Å². The van der Waals surface area contributed by atoms with Gasteiger partial charge in [0, 0.05) is 31.0 Å². The monoisotopic (exact) mass is 451 g/mol. The third kappa shape index (κ3) is 4.95. The Balaban J connectivity index is 1.44. The average molecular weight is 451 g/mol. The Morgan fingerprint density at radius 3 is 2.39 bits per heavy atom. The lowest BCUT2D eigenvalue weighted by Gasteiger charge is -2.35. The zero-order chi connectivity index (χ0) is 23.4. The first-order valence-corrected chi connectivity index (χ1v) is 10.5. The Morgan fingerprint density at radius 2 is 1.70 bits per heavy atom. The van der Waals surface area contributed by atoms with Crippen LogP contribution in [0.2, 0.25) is 0 Å². The number of amides is 3. The standard InChI is InChI=1S/C25H23F2N3O3/c1-33-20-6-2-5-17(15-20)16-29-13-4-14-30(25(29)32)19-11-9-18(10-12-19)28-24(31)23-21(26)7-3-8-22(23)27/h2-3,5-12,15H,4,13-14,16H2,1H3,(H,28,31). The van der Waals surface area contributed by atoms with E-state index < -0.39 is 23.1 Å². The smallest absolute Gasteiger partial charge is 0.324 e. The van der Waals surface area contributed by atoms with Crippen molar-refractivity contribution in [3.05, 3.63) is 89.5 Å². The number of nitrogens with one attached hydrogen (secondary N) is 1. The zero-order valence-electron chi connectivity index (χ0n) is 18.1. The van der Waals surface area contributed by atoms with Gasteiger partial charge in [-0.3, -0.25) is 9.69 Å². The molecule has 0 aromatic heterocycles. The van der Waals surface area contributed by atoms with Gasteiger partial charge >= 0.3 is 6.03 Å². The van der Waals surface area contributed by atoms with Crippen LogP contribution in [0, 0.1) is 11.6 Å². The third-order valence-electron chi connectivity index (χ3n) is 5.45. The van der Waals surface area contributed by atoms with Gasteiger partial charge in [0.2, 0.25) is 0 Å². The quantitative estimate of drug-likeness (QED) is 0.570. The van der Waals surface area contributed by atoms with Gasteiger partial charge in [-0.15, -0.1) is 0 Å². The Labute approximate surface area is 190 Å². The van der Waals surface area contributed by atoms with Gasteiger partial charge in [-0.2, -0.15) is 0 Å². The highest BCUT2D eigenvalue weighted by Crippen LogP contribution is 2.24. The van der Waals surface area contributed by atoms with Crippen LogP contribution in [0.15, 0.2) is 66.7 Å². The van der Waals surface area contributed by atoms with Crippen LogP contribution < -0.4 is 15.0 Å². The summed E-state index contributed by atoms with van der Waals surface area (Å²) in [5, 5.41) is 2.49. The van der Waals surface area contributed by atoms with E-state index in [-0.39, 0.29) is 6.03 Å². The van der Waals surface area contributed by atoms with Crippen molar-refractivity contribution < 1.29 is 23.1 Å². The van der Waals surface area contributed by atoms with E-state index in [2.05, 4.69) is 5.32 Å². The first-order valence-electron chi connectivity index (χ1n) is 10.5. The molecule has 0 spiro atoms. The number of halogens is 2. The Morgan fingerprint density at radius 1 is 1.00 bits per heavy atom. The first-order chi connectivity index (χ1) is 16.0. The molecule has 1 heterocycles. The summed E-state index contributed by atoms with van der Waals surface area (Å²) >= 11 is 0. The van der Waals surface area contributed by atoms with Crippen LogP contribution >= 0.6 is 0 Å². The van der Waals surface area contributed by atoms with E-state index in [1.807, 2.05) is 24.3 Å². The zero-order valence-corrected chi connectivity index (χ0v) is 18.1. The maximum atomic E-state index is 13.8. The molecule has 3 aromatic carbocycles. The molecule has 1 saturated heterocycles. The highest BCUT2D eigenvalue weighted by atomic mass is 19.1. The molecule has 8 heteroatoms. The van der Waals surface area contributed by atoms with Crippen molar-refractivity contribution in [2.45, 2.75) is 13.0 Å². The lowest BCUT2D eigenvalue weighted by atomic mass is 10.1. The van der Waals surface area contributed by atoms with Crippen molar-refractivity contribution in [1.82, 2.24) is 4.90 Å². The minimum Gasteiger partial charge on any atom is -0.497 e. The Hall–Kier alpha value is -3.94. The molecule has 0 saturated carbocycles. The van der Waals surface area contributed by atoms with E-state index in [1.165, 1.54) is 6.07 Å². The molecule has 33 heavy (non-hydrogen) atoms. The van der Waals surface area contributed by atoms with Crippen molar-refractivity contribution in [3.8, 4) is 5.75 Å². The van der Waals surface area contributed by atoms with Crippen LogP contribution in [0.4, 0.5) is 25.0 Å². The molecule has 0 aliphatic carbocycles. The maximum Gasteiger partial charge on any atom is 0.324 e. The number of benzene rings is 3. The topological polar surface area (TPSA) is 61.9 Å². The van der Waals surface area contributed by atoms with Crippen LogP contribution in [-0.2, 0) is 6.54 Å². The van der Waals surface area contributed by atoms with E-state index in [4.69, 9.17) is 4.74 Å². The van der Waals surface area contributed by atoms with Crippen molar-refractivity contribution >= 4 is 23.3 Å². The number of carbonyl (C=O) groups is 2. The van der Waals surface area contributed by atoms with Crippen molar-refractivity contribution in [3.63, 3.8) is 0 Å². The predicted molar refractivity (Wildman–Crippen MR) is 122 cm³/mol. The number of methoxy groups -OCH3 is 1. The van der Waals surface area contributed by atoms with Gasteiger partial charge in [0.05, 0.1) is 7.11 Å². The van der Waals surface area contributed by atoms with Gasteiger partial charge in [-0.1, -0.05) is 18.2 Å². The number of rotatable bonds is 6. The fraction of sp³-hybridized carbons (Fsp3) is 0.200. The molecule has 1 aliphatic rings. The molecule has 3 amide bonds. The molecule has 4 rings (SSSR count).